The molecular formula is C40H58F4N8O4. The summed E-state index contributed by atoms with van der Waals surface area (Å²) in [4.78, 5) is 55.5. The second-order valence-electron chi connectivity index (χ2n) is 18.1. The largest absolute Gasteiger partial charge is 0.356 e. The van der Waals surface area contributed by atoms with E-state index in [1.54, 1.807) is 0 Å². The number of halogens is 4. The molecule has 0 radical (unpaired) electrons. The van der Waals surface area contributed by atoms with Crippen molar-refractivity contribution in [1.29, 1.82) is 10.5 Å². The number of alkyl halides is 4. The van der Waals surface area contributed by atoms with Gasteiger partial charge in [0, 0.05) is 47.3 Å². The van der Waals surface area contributed by atoms with E-state index in [0.29, 0.717) is 83.6 Å². The zero-order valence-corrected chi connectivity index (χ0v) is 32.6. The van der Waals surface area contributed by atoms with Gasteiger partial charge in [-0.15, -0.1) is 0 Å². The monoisotopic (exact) mass is 790 g/mol. The molecule has 3 atom stereocenters. The second kappa shape index (κ2) is 16.4. The maximum absolute atomic E-state index is 13.9. The zero-order valence-electron chi connectivity index (χ0n) is 32.6. The molecular weight excluding hydrogens is 732 g/mol. The molecule has 4 N–H and O–H groups in total. The van der Waals surface area contributed by atoms with Gasteiger partial charge in [0.25, 0.3) is 11.8 Å². The molecule has 6 aliphatic carbocycles. The summed E-state index contributed by atoms with van der Waals surface area (Å²) in [5.74, 6) is -6.57. The first-order chi connectivity index (χ1) is 26.5. The molecule has 0 aromatic rings. The van der Waals surface area contributed by atoms with Crippen LogP contribution in [0.1, 0.15) is 129 Å². The topological polar surface area (TPSA) is 170 Å². The zero-order chi connectivity index (χ0) is 40.4. The van der Waals surface area contributed by atoms with E-state index < -0.39 is 71.8 Å². The van der Waals surface area contributed by atoms with Gasteiger partial charge in [-0.1, -0.05) is 13.3 Å². The quantitative estimate of drug-likeness (QED) is 0.131. The molecule has 8 fully saturated rings. The number of nitrogens with zero attached hydrogens (tertiary/aromatic N) is 4. The minimum atomic E-state index is -2.98. The summed E-state index contributed by atoms with van der Waals surface area (Å²) in [6, 6.07) is 1.82. The molecule has 56 heavy (non-hydrogen) atoms. The van der Waals surface area contributed by atoms with Gasteiger partial charge in [-0.05, 0) is 103 Å². The van der Waals surface area contributed by atoms with Crippen molar-refractivity contribution >= 4 is 23.6 Å². The van der Waals surface area contributed by atoms with Gasteiger partial charge in [0.2, 0.25) is 23.6 Å². The van der Waals surface area contributed by atoms with Crippen molar-refractivity contribution in [1.82, 2.24) is 31.1 Å². The predicted octanol–water partition coefficient (Wildman–Crippen LogP) is 4.44. The first-order valence-corrected chi connectivity index (χ1v) is 20.7. The highest BCUT2D eigenvalue weighted by Crippen LogP contribution is 2.54. The van der Waals surface area contributed by atoms with E-state index in [0.717, 1.165) is 32.1 Å². The maximum Gasteiger partial charge on any atom is 0.263 e. The summed E-state index contributed by atoms with van der Waals surface area (Å²) in [5.41, 5.74) is -1.86. The second-order valence-corrected chi connectivity index (χ2v) is 18.1. The minimum absolute atomic E-state index is 0.0175. The third kappa shape index (κ3) is 9.28. The number of amides is 4. The van der Waals surface area contributed by atoms with Crippen LogP contribution in [0.25, 0.3) is 0 Å². The fraction of sp³-hybridized carbons (Fsp3) is 0.850. The Balaban J connectivity index is 0.885. The molecule has 8 aliphatic rings. The van der Waals surface area contributed by atoms with Crippen LogP contribution in [0.2, 0.25) is 0 Å². The molecule has 6 saturated carbocycles. The predicted molar refractivity (Wildman–Crippen MR) is 197 cm³/mol. The van der Waals surface area contributed by atoms with E-state index in [9.17, 15) is 47.3 Å². The molecule has 0 aromatic carbocycles. The molecule has 4 bridgehead atoms. The third-order valence-corrected chi connectivity index (χ3v) is 14.2. The Morgan fingerprint density at radius 1 is 0.661 bits per heavy atom. The summed E-state index contributed by atoms with van der Waals surface area (Å²) in [5, 5.41) is 31.2. The third-order valence-electron chi connectivity index (χ3n) is 14.2. The van der Waals surface area contributed by atoms with E-state index in [4.69, 9.17) is 0 Å². The standard InChI is InChI=1S/C40H58F4N8O4/c1-2-5-28(48-34(56)36-10-16-38(17-11-36,18-12-36)50-32(54)25-52-27-40(43,44)21-30(52)23-46)6-3-4-19-47-33(55)35-7-13-37(14-8-35,15-9-35)49-31(53)24-51-26-39(41,42)20-29(51)22-45/h28-30H,2-21,24-27H2,1H3,(H,47,55)(H,48,56)(H,49,53)(H,50,54)/t28?,29-,30-,35?,36?,37?,38?/m0/s1. The fourth-order valence-electron chi connectivity index (χ4n) is 10.7. The molecule has 0 aromatic heterocycles. The first kappa shape index (κ1) is 42.1. The molecule has 2 heterocycles. The van der Waals surface area contributed by atoms with Crippen LogP contribution in [0.4, 0.5) is 17.6 Å². The van der Waals surface area contributed by atoms with Crippen LogP contribution < -0.4 is 21.3 Å². The summed E-state index contributed by atoms with van der Waals surface area (Å²) < 4.78 is 55.4. The molecule has 0 spiro atoms. The Morgan fingerprint density at radius 3 is 1.50 bits per heavy atom. The van der Waals surface area contributed by atoms with Crippen molar-refractivity contribution in [2.45, 2.75) is 170 Å². The number of nitriles is 2. The summed E-state index contributed by atoms with van der Waals surface area (Å²) >= 11 is 0. The number of likely N-dealkylation sites (tertiary alicyclic amines) is 2. The highest BCUT2D eigenvalue weighted by atomic mass is 19.3. The Labute approximate surface area is 327 Å². The number of hydrogen-bond acceptors (Lipinski definition) is 8. The number of unbranched alkanes of at least 4 members (excludes halogenated alkanes) is 1. The van der Waals surface area contributed by atoms with Crippen LogP contribution in [-0.2, 0) is 19.2 Å². The first-order valence-electron chi connectivity index (χ1n) is 20.7. The lowest BCUT2D eigenvalue weighted by Crippen LogP contribution is -2.61. The summed E-state index contributed by atoms with van der Waals surface area (Å²) in [6.45, 7) is 0.939. The van der Waals surface area contributed by atoms with Gasteiger partial charge in [-0.3, -0.25) is 29.0 Å². The van der Waals surface area contributed by atoms with E-state index in [1.807, 2.05) is 12.1 Å². The van der Waals surface area contributed by atoms with Crippen molar-refractivity contribution in [3.05, 3.63) is 0 Å². The van der Waals surface area contributed by atoms with E-state index in [2.05, 4.69) is 28.2 Å². The highest BCUT2D eigenvalue weighted by molar-refractivity contribution is 5.85. The summed E-state index contributed by atoms with van der Waals surface area (Å²) in [7, 11) is 0. The van der Waals surface area contributed by atoms with Crippen molar-refractivity contribution in [2.75, 3.05) is 32.7 Å². The molecule has 2 aliphatic heterocycles. The Kier molecular flexibility index (Phi) is 12.3. The van der Waals surface area contributed by atoms with Gasteiger partial charge in [0.15, 0.2) is 0 Å². The van der Waals surface area contributed by atoms with Gasteiger partial charge in [0.1, 0.15) is 12.1 Å². The van der Waals surface area contributed by atoms with Crippen LogP contribution in [0, 0.1) is 33.5 Å². The number of fused-ring (bicyclic) bond motifs is 6. The van der Waals surface area contributed by atoms with Crippen molar-refractivity contribution in [3.8, 4) is 12.1 Å². The minimum Gasteiger partial charge on any atom is -0.356 e. The van der Waals surface area contributed by atoms with Crippen molar-refractivity contribution < 1.29 is 36.7 Å². The van der Waals surface area contributed by atoms with Gasteiger partial charge in [-0.2, -0.15) is 10.5 Å². The van der Waals surface area contributed by atoms with Crippen LogP contribution in [-0.4, -0.2) is 107 Å². The number of carbonyl (C=O) groups excluding carboxylic acids is 4. The lowest BCUT2D eigenvalue weighted by molar-refractivity contribution is -0.141. The average molecular weight is 791 g/mol. The fourth-order valence-corrected chi connectivity index (χ4v) is 10.7. The summed E-state index contributed by atoms with van der Waals surface area (Å²) in [6.07, 6.45) is 10.8. The van der Waals surface area contributed by atoms with E-state index in [-0.39, 0.29) is 42.8 Å². The molecule has 16 heteroatoms. The molecule has 12 nitrogen and oxygen atoms in total. The lowest BCUT2D eigenvalue weighted by atomic mass is 9.56. The normalized spacial score (nSPS) is 34.9. The van der Waals surface area contributed by atoms with Crippen LogP contribution in [0.3, 0.4) is 0 Å². The number of carbonyl (C=O) groups is 4. The van der Waals surface area contributed by atoms with Gasteiger partial charge >= 0.3 is 0 Å². The SMILES string of the molecule is CCCC(CCCCNC(=O)C12CCC(NC(=O)CN3CC(F)(F)C[C@H]3C#N)(CC1)CC2)NC(=O)C12CCC(NC(=O)CN3CC(F)(F)C[C@H]3C#N)(CC1)CC2. The molecule has 4 amide bonds. The average Bonchev–Trinajstić information content (AvgIpc) is 3.63. The Hall–Kier alpha value is -3.50. The van der Waals surface area contributed by atoms with Crippen LogP contribution in [0.15, 0.2) is 0 Å². The Bertz CT molecular complexity index is 1550. The van der Waals surface area contributed by atoms with Gasteiger partial charge in [0.05, 0.1) is 38.3 Å². The van der Waals surface area contributed by atoms with Gasteiger partial charge in [-0.25, -0.2) is 17.6 Å². The lowest BCUT2D eigenvalue weighted by Gasteiger charge is -2.53. The van der Waals surface area contributed by atoms with Crippen LogP contribution in [0.5, 0.6) is 0 Å². The van der Waals surface area contributed by atoms with E-state index in [1.165, 1.54) is 9.80 Å². The number of nitrogens with one attached hydrogen (secondary N) is 4. The van der Waals surface area contributed by atoms with Crippen molar-refractivity contribution in [3.63, 3.8) is 0 Å². The molecule has 2 saturated heterocycles. The molecule has 8 rings (SSSR count). The van der Waals surface area contributed by atoms with Crippen molar-refractivity contribution in [2.24, 2.45) is 10.8 Å². The maximum atomic E-state index is 13.9. The number of hydrogen-bond donors (Lipinski definition) is 4. The van der Waals surface area contributed by atoms with Gasteiger partial charge < -0.3 is 21.3 Å². The molecule has 1 unspecified atom stereocenters. The smallest absolute Gasteiger partial charge is 0.263 e. The molecule has 310 valence electrons. The highest BCUT2D eigenvalue weighted by Gasteiger charge is 2.55. The Morgan fingerprint density at radius 2 is 1.09 bits per heavy atom. The van der Waals surface area contributed by atoms with E-state index >= 15 is 0 Å². The number of rotatable bonds is 16. The van der Waals surface area contributed by atoms with Crippen LogP contribution >= 0.6 is 0 Å².